The third-order valence-corrected chi connectivity index (χ3v) is 4.76. The monoisotopic (exact) mass is 224 g/mol. The van der Waals surface area contributed by atoms with E-state index >= 15 is 0 Å². The van der Waals surface area contributed by atoms with Gasteiger partial charge in [-0.25, -0.2) is 0 Å². The van der Waals surface area contributed by atoms with Crippen molar-refractivity contribution in [3.8, 4) is 0 Å². The van der Waals surface area contributed by atoms with Crippen LogP contribution in [0.2, 0.25) is 0 Å². The first kappa shape index (κ1) is 12.4. The molecule has 94 valence electrons. The van der Waals surface area contributed by atoms with Crippen LogP contribution in [0.1, 0.15) is 58.3 Å². The Morgan fingerprint density at radius 1 is 1.06 bits per heavy atom. The van der Waals surface area contributed by atoms with Crippen LogP contribution in [0, 0.1) is 5.92 Å². The van der Waals surface area contributed by atoms with E-state index in [1.807, 2.05) is 0 Å². The van der Waals surface area contributed by atoms with Gasteiger partial charge in [-0.2, -0.15) is 0 Å². The number of hydrogen-bond acceptors (Lipinski definition) is 2. The van der Waals surface area contributed by atoms with E-state index in [9.17, 15) is 0 Å². The fourth-order valence-corrected chi connectivity index (χ4v) is 3.61. The number of piperidine rings is 1. The highest BCUT2D eigenvalue weighted by Crippen LogP contribution is 2.34. The number of nitrogens with two attached hydrogens (primary N) is 1. The molecule has 1 aliphatic carbocycles. The Hall–Kier alpha value is -0.0800. The van der Waals surface area contributed by atoms with Crippen molar-refractivity contribution in [3.63, 3.8) is 0 Å². The summed E-state index contributed by atoms with van der Waals surface area (Å²) in [6.07, 6.45) is 11.3. The maximum Gasteiger partial charge on any atom is 0.0306 e. The zero-order valence-corrected chi connectivity index (χ0v) is 10.9. The molecule has 1 atom stereocenters. The van der Waals surface area contributed by atoms with Crippen LogP contribution in [-0.2, 0) is 0 Å². The molecule has 1 saturated carbocycles. The molecule has 1 heterocycles. The molecule has 0 spiro atoms. The van der Waals surface area contributed by atoms with Gasteiger partial charge in [-0.3, -0.25) is 4.90 Å². The van der Waals surface area contributed by atoms with Gasteiger partial charge in [0.05, 0.1) is 0 Å². The molecule has 0 radical (unpaired) electrons. The zero-order chi connectivity index (χ0) is 11.4. The molecule has 0 bridgehead atoms. The van der Waals surface area contributed by atoms with Gasteiger partial charge in [0, 0.05) is 12.1 Å². The molecule has 2 nitrogen and oxygen atoms in total. The van der Waals surface area contributed by atoms with Crippen LogP contribution in [-0.4, -0.2) is 30.1 Å². The SMILES string of the molecule is CC(CN)(CC1CCCC1)N1CCCCC1. The first-order valence-corrected chi connectivity index (χ1v) is 7.20. The summed E-state index contributed by atoms with van der Waals surface area (Å²) in [6.45, 7) is 5.79. The Bertz CT molecular complexity index is 205. The average molecular weight is 224 g/mol. The molecule has 0 aromatic carbocycles. The quantitative estimate of drug-likeness (QED) is 0.795. The minimum Gasteiger partial charge on any atom is -0.329 e. The van der Waals surface area contributed by atoms with Gasteiger partial charge in [0.1, 0.15) is 0 Å². The lowest BCUT2D eigenvalue weighted by atomic mass is 9.85. The van der Waals surface area contributed by atoms with Crippen LogP contribution >= 0.6 is 0 Å². The molecule has 16 heavy (non-hydrogen) atoms. The first-order chi connectivity index (χ1) is 7.74. The number of rotatable bonds is 4. The summed E-state index contributed by atoms with van der Waals surface area (Å²) in [4.78, 5) is 2.68. The predicted octanol–water partition coefficient (Wildman–Crippen LogP) is 2.77. The lowest BCUT2D eigenvalue weighted by molar-refractivity contribution is 0.0655. The highest BCUT2D eigenvalue weighted by atomic mass is 15.2. The summed E-state index contributed by atoms with van der Waals surface area (Å²) in [5.74, 6) is 0.954. The Balaban J connectivity index is 1.93. The van der Waals surface area contributed by atoms with Crippen LogP contribution < -0.4 is 5.73 Å². The number of likely N-dealkylation sites (tertiary alicyclic amines) is 1. The minimum atomic E-state index is 0.287. The van der Waals surface area contributed by atoms with E-state index < -0.39 is 0 Å². The zero-order valence-electron chi connectivity index (χ0n) is 10.9. The van der Waals surface area contributed by atoms with Gasteiger partial charge in [0.2, 0.25) is 0 Å². The molecule has 1 saturated heterocycles. The van der Waals surface area contributed by atoms with E-state index in [0.29, 0.717) is 0 Å². The second kappa shape index (κ2) is 5.50. The molecule has 2 fully saturated rings. The second-order valence-electron chi connectivity index (χ2n) is 6.10. The molecule has 1 aliphatic heterocycles. The Morgan fingerprint density at radius 3 is 2.25 bits per heavy atom. The number of hydrogen-bond donors (Lipinski definition) is 1. The highest BCUT2D eigenvalue weighted by molar-refractivity contribution is 4.91. The Labute approximate surface area is 101 Å². The van der Waals surface area contributed by atoms with E-state index in [1.165, 1.54) is 64.5 Å². The van der Waals surface area contributed by atoms with Crippen molar-refractivity contribution in [1.29, 1.82) is 0 Å². The Morgan fingerprint density at radius 2 is 1.69 bits per heavy atom. The van der Waals surface area contributed by atoms with Gasteiger partial charge in [-0.1, -0.05) is 32.1 Å². The molecule has 0 amide bonds. The van der Waals surface area contributed by atoms with E-state index in [4.69, 9.17) is 5.73 Å². The highest BCUT2D eigenvalue weighted by Gasteiger charge is 2.34. The molecule has 2 heteroatoms. The van der Waals surface area contributed by atoms with Crippen molar-refractivity contribution in [2.45, 2.75) is 63.8 Å². The van der Waals surface area contributed by atoms with Crippen LogP contribution in [0.3, 0.4) is 0 Å². The molecule has 2 aliphatic rings. The standard InChI is InChI=1S/C14H28N2/c1-14(12-15,11-13-7-3-4-8-13)16-9-5-2-6-10-16/h13H,2-12,15H2,1H3. The normalized spacial score (nSPS) is 28.1. The second-order valence-corrected chi connectivity index (χ2v) is 6.10. The van der Waals surface area contributed by atoms with Gasteiger partial charge in [0.25, 0.3) is 0 Å². The van der Waals surface area contributed by atoms with Crippen molar-refractivity contribution in [2.75, 3.05) is 19.6 Å². The predicted molar refractivity (Wildman–Crippen MR) is 69.5 cm³/mol. The number of nitrogens with zero attached hydrogens (tertiary/aromatic N) is 1. The van der Waals surface area contributed by atoms with Gasteiger partial charge in [-0.15, -0.1) is 0 Å². The smallest absolute Gasteiger partial charge is 0.0306 e. The fraction of sp³-hybridized carbons (Fsp3) is 1.00. The minimum absolute atomic E-state index is 0.287. The van der Waals surface area contributed by atoms with Crippen LogP contribution in [0.5, 0.6) is 0 Å². The van der Waals surface area contributed by atoms with E-state index in [1.54, 1.807) is 0 Å². The molecule has 0 aromatic heterocycles. The van der Waals surface area contributed by atoms with Gasteiger partial charge in [-0.05, 0) is 45.2 Å². The maximum atomic E-state index is 6.07. The fourth-order valence-electron chi connectivity index (χ4n) is 3.61. The van der Waals surface area contributed by atoms with Crippen LogP contribution in [0.15, 0.2) is 0 Å². The summed E-state index contributed by atoms with van der Waals surface area (Å²) in [6, 6.07) is 0. The van der Waals surface area contributed by atoms with E-state index in [0.717, 1.165) is 12.5 Å². The summed E-state index contributed by atoms with van der Waals surface area (Å²) in [5, 5.41) is 0. The maximum absolute atomic E-state index is 6.07. The molecule has 2 rings (SSSR count). The topological polar surface area (TPSA) is 29.3 Å². The van der Waals surface area contributed by atoms with Gasteiger partial charge >= 0.3 is 0 Å². The molecule has 1 unspecified atom stereocenters. The Kier molecular flexibility index (Phi) is 4.26. The van der Waals surface area contributed by atoms with Gasteiger partial charge in [0.15, 0.2) is 0 Å². The van der Waals surface area contributed by atoms with E-state index in [-0.39, 0.29) is 5.54 Å². The van der Waals surface area contributed by atoms with Crippen LogP contribution in [0.25, 0.3) is 0 Å². The van der Waals surface area contributed by atoms with Crippen LogP contribution in [0.4, 0.5) is 0 Å². The van der Waals surface area contributed by atoms with Crippen molar-refractivity contribution in [3.05, 3.63) is 0 Å². The van der Waals surface area contributed by atoms with Crippen molar-refractivity contribution in [2.24, 2.45) is 11.7 Å². The first-order valence-electron chi connectivity index (χ1n) is 7.20. The lowest BCUT2D eigenvalue weighted by Gasteiger charge is -2.44. The van der Waals surface area contributed by atoms with Crippen molar-refractivity contribution in [1.82, 2.24) is 4.90 Å². The third-order valence-electron chi connectivity index (χ3n) is 4.76. The molecule has 2 N–H and O–H groups in total. The van der Waals surface area contributed by atoms with Crippen molar-refractivity contribution >= 4 is 0 Å². The average Bonchev–Trinajstić information content (AvgIpc) is 2.83. The van der Waals surface area contributed by atoms with Crippen molar-refractivity contribution < 1.29 is 0 Å². The summed E-state index contributed by atoms with van der Waals surface area (Å²) in [5.41, 5.74) is 6.36. The molecule has 0 aromatic rings. The molecular formula is C14H28N2. The third kappa shape index (κ3) is 2.78. The summed E-state index contributed by atoms with van der Waals surface area (Å²) < 4.78 is 0. The summed E-state index contributed by atoms with van der Waals surface area (Å²) >= 11 is 0. The molecular weight excluding hydrogens is 196 g/mol. The summed E-state index contributed by atoms with van der Waals surface area (Å²) in [7, 11) is 0. The van der Waals surface area contributed by atoms with Gasteiger partial charge < -0.3 is 5.73 Å². The van der Waals surface area contributed by atoms with E-state index in [2.05, 4.69) is 11.8 Å². The largest absolute Gasteiger partial charge is 0.329 e. The lowest BCUT2D eigenvalue weighted by Crippen LogP contribution is -2.54.